The Balaban J connectivity index is 1.55. The molecule has 156 valence electrons. The Labute approximate surface area is 182 Å². The van der Waals surface area contributed by atoms with Crippen molar-refractivity contribution in [1.29, 1.82) is 0 Å². The summed E-state index contributed by atoms with van der Waals surface area (Å²) in [7, 11) is 3.07. The van der Waals surface area contributed by atoms with Crippen LogP contribution in [0.25, 0.3) is 0 Å². The fraction of sp³-hybridized carbons (Fsp3) is 0.200. The topological polar surface area (TPSA) is 102 Å². The summed E-state index contributed by atoms with van der Waals surface area (Å²) >= 11 is 7.05. The van der Waals surface area contributed by atoms with Gasteiger partial charge in [0.15, 0.2) is 0 Å². The van der Waals surface area contributed by atoms with E-state index in [1.54, 1.807) is 49.6 Å². The van der Waals surface area contributed by atoms with Crippen molar-refractivity contribution in [2.75, 3.05) is 24.9 Å². The Hall–Kier alpha value is -3.17. The number of hydrogen-bond acceptors (Lipinski definition) is 7. The van der Waals surface area contributed by atoms with Crippen LogP contribution in [-0.2, 0) is 11.2 Å². The SMILES string of the molecule is COc1ccc(NC(=O)CCc2nnc(C(=O)Nc3cccc(Cl)c3)s2)c(OC)c1. The summed E-state index contributed by atoms with van der Waals surface area (Å²) in [6, 6.07) is 11.9. The lowest BCUT2D eigenvalue weighted by molar-refractivity contribution is -0.116. The van der Waals surface area contributed by atoms with E-state index in [0.717, 1.165) is 11.3 Å². The van der Waals surface area contributed by atoms with Crippen molar-refractivity contribution in [3.05, 3.63) is 57.5 Å². The first-order chi connectivity index (χ1) is 14.5. The molecule has 0 spiro atoms. The summed E-state index contributed by atoms with van der Waals surface area (Å²) < 4.78 is 10.4. The predicted octanol–water partition coefficient (Wildman–Crippen LogP) is 4.03. The van der Waals surface area contributed by atoms with Crippen molar-refractivity contribution in [2.24, 2.45) is 0 Å². The zero-order valence-electron chi connectivity index (χ0n) is 16.3. The molecule has 30 heavy (non-hydrogen) atoms. The lowest BCUT2D eigenvalue weighted by Gasteiger charge is -2.11. The molecule has 2 aromatic carbocycles. The number of amides is 2. The molecule has 2 N–H and O–H groups in total. The second kappa shape index (κ2) is 10.0. The van der Waals surface area contributed by atoms with Crippen LogP contribution < -0.4 is 20.1 Å². The standard InChI is InChI=1S/C20H19ClN4O4S/c1-28-14-6-7-15(16(11-14)29-2)23-17(26)8-9-18-24-25-20(30-18)19(27)22-13-5-3-4-12(21)10-13/h3-7,10-11H,8-9H2,1-2H3,(H,22,27)(H,23,26). The van der Waals surface area contributed by atoms with Gasteiger partial charge < -0.3 is 20.1 Å². The number of methoxy groups -OCH3 is 2. The van der Waals surface area contributed by atoms with Gasteiger partial charge in [0.05, 0.1) is 19.9 Å². The van der Waals surface area contributed by atoms with Crippen molar-refractivity contribution in [2.45, 2.75) is 12.8 Å². The van der Waals surface area contributed by atoms with E-state index in [1.165, 1.54) is 7.11 Å². The fourth-order valence-electron chi connectivity index (χ4n) is 2.53. The predicted molar refractivity (Wildman–Crippen MR) is 116 cm³/mol. The number of nitrogens with zero attached hydrogens (tertiary/aromatic N) is 2. The number of nitrogens with one attached hydrogen (secondary N) is 2. The van der Waals surface area contributed by atoms with E-state index in [2.05, 4.69) is 20.8 Å². The number of aromatic nitrogens is 2. The number of aryl methyl sites for hydroxylation is 1. The molecule has 0 radical (unpaired) electrons. The molecule has 10 heteroatoms. The third-order valence-corrected chi connectivity index (χ3v) is 5.21. The Morgan fingerprint density at radius 1 is 1.07 bits per heavy atom. The van der Waals surface area contributed by atoms with Gasteiger partial charge in [0.25, 0.3) is 5.91 Å². The highest BCUT2D eigenvalue weighted by Gasteiger charge is 2.15. The highest BCUT2D eigenvalue weighted by molar-refractivity contribution is 7.13. The molecule has 3 rings (SSSR count). The second-order valence-electron chi connectivity index (χ2n) is 6.08. The number of halogens is 1. The molecule has 3 aromatic rings. The number of carbonyl (C=O) groups excluding carboxylic acids is 2. The summed E-state index contributed by atoms with van der Waals surface area (Å²) in [5.41, 5.74) is 1.11. The Morgan fingerprint density at radius 2 is 1.90 bits per heavy atom. The average molecular weight is 447 g/mol. The van der Waals surface area contributed by atoms with Crippen LogP contribution in [0.15, 0.2) is 42.5 Å². The minimum atomic E-state index is -0.381. The summed E-state index contributed by atoms with van der Waals surface area (Å²) in [5, 5.41) is 14.7. The molecule has 2 amide bonds. The van der Waals surface area contributed by atoms with E-state index in [9.17, 15) is 9.59 Å². The lowest BCUT2D eigenvalue weighted by Crippen LogP contribution is -2.13. The Bertz CT molecular complexity index is 1060. The van der Waals surface area contributed by atoms with Crippen LogP contribution in [-0.4, -0.2) is 36.2 Å². The minimum absolute atomic E-state index is 0.180. The van der Waals surface area contributed by atoms with Crippen molar-refractivity contribution in [1.82, 2.24) is 10.2 Å². The van der Waals surface area contributed by atoms with E-state index in [1.807, 2.05) is 0 Å². The zero-order valence-corrected chi connectivity index (χ0v) is 17.8. The first-order valence-corrected chi connectivity index (χ1v) is 10.1. The van der Waals surface area contributed by atoms with Crippen LogP contribution in [0.2, 0.25) is 5.02 Å². The maximum atomic E-state index is 12.3. The van der Waals surface area contributed by atoms with E-state index in [0.29, 0.717) is 39.3 Å². The number of hydrogen-bond donors (Lipinski definition) is 2. The largest absolute Gasteiger partial charge is 0.497 e. The molecule has 0 fully saturated rings. The molecule has 0 saturated carbocycles. The van der Waals surface area contributed by atoms with Crippen LogP contribution in [0.1, 0.15) is 21.2 Å². The van der Waals surface area contributed by atoms with Gasteiger partial charge in [-0.05, 0) is 30.3 Å². The number of rotatable bonds is 8. The molecule has 1 heterocycles. The molecular weight excluding hydrogens is 428 g/mol. The first-order valence-electron chi connectivity index (χ1n) is 8.89. The van der Waals surface area contributed by atoms with Crippen molar-refractivity contribution in [3.8, 4) is 11.5 Å². The van der Waals surface area contributed by atoms with Crippen LogP contribution in [0, 0.1) is 0 Å². The van der Waals surface area contributed by atoms with Crippen LogP contribution in [0.3, 0.4) is 0 Å². The zero-order chi connectivity index (χ0) is 21.5. The summed E-state index contributed by atoms with van der Waals surface area (Å²) in [6.45, 7) is 0. The Kier molecular flexibility index (Phi) is 7.21. The van der Waals surface area contributed by atoms with Crippen molar-refractivity contribution >= 4 is 46.1 Å². The molecule has 0 aliphatic rings. The molecule has 1 aromatic heterocycles. The van der Waals surface area contributed by atoms with Crippen LogP contribution in [0.5, 0.6) is 11.5 Å². The van der Waals surface area contributed by atoms with Gasteiger partial charge in [0.1, 0.15) is 16.5 Å². The minimum Gasteiger partial charge on any atom is -0.497 e. The third-order valence-electron chi connectivity index (χ3n) is 3.99. The van der Waals surface area contributed by atoms with Crippen LogP contribution >= 0.6 is 22.9 Å². The molecular formula is C20H19ClN4O4S. The van der Waals surface area contributed by atoms with Gasteiger partial charge in [0.2, 0.25) is 10.9 Å². The summed E-state index contributed by atoms with van der Waals surface area (Å²) in [4.78, 5) is 24.6. The van der Waals surface area contributed by atoms with Gasteiger partial charge in [-0.2, -0.15) is 0 Å². The number of carbonyl (C=O) groups is 2. The maximum Gasteiger partial charge on any atom is 0.286 e. The van der Waals surface area contributed by atoms with Crippen molar-refractivity contribution in [3.63, 3.8) is 0 Å². The van der Waals surface area contributed by atoms with E-state index >= 15 is 0 Å². The highest BCUT2D eigenvalue weighted by atomic mass is 35.5. The quantitative estimate of drug-likeness (QED) is 0.541. The molecule has 0 aliphatic carbocycles. The molecule has 0 atom stereocenters. The van der Waals surface area contributed by atoms with Gasteiger partial charge in [-0.3, -0.25) is 9.59 Å². The summed E-state index contributed by atoms with van der Waals surface area (Å²) in [6.07, 6.45) is 0.534. The van der Waals surface area contributed by atoms with Crippen molar-refractivity contribution < 1.29 is 19.1 Å². The number of benzene rings is 2. The smallest absolute Gasteiger partial charge is 0.286 e. The van der Waals surface area contributed by atoms with Gasteiger partial charge >= 0.3 is 0 Å². The molecule has 0 saturated heterocycles. The molecule has 8 nitrogen and oxygen atoms in total. The van der Waals surface area contributed by atoms with Crippen LogP contribution in [0.4, 0.5) is 11.4 Å². The number of anilines is 2. The van der Waals surface area contributed by atoms with Gasteiger partial charge in [-0.25, -0.2) is 0 Å². The third kappa shape index (κ3) is 5.68. The van der Waals surface area contributed by atoms with E-state index in [-0.39, 0.29) is 23.2 Å². The monoisotopic (exact) mass is 446 g/mol. The van der Waals surface area contributed by atoms with Gasteiger partial charge in [0, 0.05) is 29.6 Å². The highest BCUT2D eigenvalue weighted by Crippen LogP contribution is 2.29. The first kappa shape index (κ1) is 21.5. The number of ether oxygens (including phenoxy) is 2. The normalized spacial score (nSPS) is 10.4. The molecule has 0 aliphatic heterocycles. The summed E-state index contributed by atoms with van der Waals surface area (Å²) in [5.74, 6) is 0.535. The molecule has 0 unspecified atom stereocenters. The lowest BCUT2D eigenvalue weighted by atomic mass is 10.2. The van der Waals surface area contributed by atoms with E-state index < -0.39 is 0 Å². The Morgan fingerprint density at radius 3 is 2.63 bits per heavy atom. The van der Waals surface area contributed by atoms with Gasteiger partial charge in [-0.15, -0.1) is 10.2 Å². The second-order valence-corrected chi connectivity index (χ2v) is 7.58. The maximum absolute atomic E-state index is 12.3. The average Bonchev–Trinajstić information content (AvgIpc) is 3.22. The molecule has 0 bridgehead atoms. The van der Waals surface area contributed by atoms with E-state index in [4.69, 9.17) is 21.1 Å². The van der Waals surface area contributed by atoms with Gasteiger partial charge in [-0.1, -0.05) is 29.0 Å². The fourth-order valence-corrected chi connectivity index (χ4v) is 3.46.